The van der Waals surface area contributed by atoms with Crippen molar-refractivity contribution in [2.45, 2.75) is 6.92 Å². The highest BCUT2D eigenvalue weighted by molar-refractivity contribution is 5.75. The van der Waals surface area contributed by atoms with Crippen LogP contribution in [0.15, 0.2) is 33.2 Å². The van der Waals surface area contributed by atoms with E-state index in [9.17, 15) is 14.9 Å². The van der Waals surface area contributed by atoms with E-state index in [4.69, 9.17) is 9.52 Å². The third-order valence-corrected chi connectivity index (χ3v) is 2.15. The summed E-state index contributed by atoms with van der Waals surface area (Å²) in [5, 5.41) is 19.6. The molecule has 2 aromatic rings. The van der Waals surface area contributed by atoms with Gasteiger partial charge in [-0.25, -0.2) is 9.78 Å². The molecule has 0 aliphatic rings. The summed E-state index contributed by atoms with van der Waals surface area (Å²) in [5.41, 5.74) is -0.684. The van der Waals surface area contributed by atoms with Gasteiger partial charge in [-0.1, -0.05) is 0 Å². The average molecular weight is 248 g/mol. The molecule has 0 fully saturated rings. The number of nitro benzene ring substituents is 1. The average Bonchev–Trinajstić information content (AvgIpc) is 2.28. The third kappa shape index (κ3) is 2.19. The van der Waals surface area contributed by atoms with Gasteiger partial charge in [-0.3, -0.25) is 10.1 Å². The summed E-state index contributed by atoms with van der Waals surface area (Å²) in [4.78, 5) is 25.4. The lowest BCUT2D eigenvalue weighted by Gasteiger charge is -1.98. The van der Waals surface area contributed by atoms with Gasteiger partial charge in [0.15, 0.2) is 11.3 Å². The Morgan fingerprint density at radius 2 is 2.28 bits per heavy atom. The lowest BCUT2D eigenvalue weighted by atomic mass is 10.2. The van der Waals surface area contributed by atoms with Crippen molar-refractivity contribution in [3.8, 4) is 0 Å². The van der Waals surface area contributed by atoms with E-state index in [-0.39, 0.29) is 22.7 Å². The maximum atomic E-state index is 11.5. The number of aromatic nitrogens is 1. The number of non-ortho nitro benzene ring substituents is 1. The van der Waals surface area contributed by atoms with Crippen LogP contribution >= 0.6 is 0 Å². The molecule has 2 rings (SSSR count). The number of nitrogens with zero attached hydrogens (tertiary/aromatic N) is 2. The van der Waals surface area contributed by atoms with Gasteiger partial charge in [-0.15, -0.1) is 0 Å². The summed E-state index contributed by atoms with van der Waals surface area (Å²) in [6.45, 7) is 1.39. The fraction of sp³-hybridized carbons (Fsp3) is 0.0909. The number of aliphatic hydroxyl groups excluding tert-OH is 1. The Kier molecular flexibility index (Phi) is 2.80. The Labute approximate surface area is 100 Å². The SMILES string of the molecule is C/C(O)=C/c1nc2ccc([N+](=O)[O-])cc2oc1=O. The van der Waals surface area contributed by atoms with Gasteiger partial charge in [0, 0.05) is 12.1 Å². The first-order chi connectivity index (χ1) is 8.47. The van der Waals surface area contributed by atoms with Gasteiger partial charge < -0.3 is 9.52 Å². The second kappa shape index (κ2) is 4.28. The number of hydrogen-bond donors (Lipinski definition) is 1. The van der Waals surface area contributed by atoms with Crippen LogP contribution in [0.1, 0.15) is 12.6 Å². The minimum Gasteiger partial charge on any atom is -0.513 e. The molecule has 0 saturated carbocycles. The van der Waals surface area contributed by atoms with Gasteiger partial charge in [0.2, 0.25) is 0 Å². The topological polar surface area (TPSA) is 106 Å². The lowest BCUT2D eigenvalue weighted by molar-refractivity contribution is -0.384. The number of hydrogen-bond acceptors (Lipinski definition) is 6. The quantitative estimate of drug-likeness (QED) is 0.495. The summed E-state index contributed by atoms with van der Waals surface area (Å²) in [6, 6.07) is 3.76. The number of rotatable bonds is 2. The van der Waals surface area contributed by atoms with E-state index in [1.165, 1.54) is 19.1 Å². The maximum Gasteiger partial charge on any atom is 0.362 e. The molecule has 1 aromatic heterocycles. The molecule has 0 spiro atoms. The molecule has 0 amide bonds. The number of aliphatic hydroxyl groups is 1. The van der Waals surface area contributed by atoms with E-state index < -0.39 is 10.5 Å². The minimum absolute atomic E-state index is 0.0296. The Balaban J connectivity index is 2.68. The summed E-state index contributed by atoms with van der Waals surface area (Å²) < 4.78 is 4.91. The Morgan fingerprint density at radius 1 is 1.56 bits per heavy atom. The number of nitro groups is 1. The fourth-order valence-corrected chi connectivity index (χ4v) is 1.41. The van der Waals surface area contributed by atoms with E-state index >= 15 is 0 Å². The first-order valence-corrected chi connectivity index (χ1v) is 4.94. The smallest absolute Gasteiger partial charge is 0.362 e. The van der Waals surface area contributed by atoms with Crippen LogP contribution in [0.5, 0.6) is 0 Å². The van der Waals surface area contributed by atoms with Gasteiger partial charge in [0.1, 0.15) is 5.52 Å². The molecule has 1 aromatic carbocycles. The molecule has 92 valence electrons. The molecule has 7 nitrogen and oxygen atoms in total. The standard InChI is InChI=1S/C11H8N2O5/c1-6(14)4-9-11(15)18-10-5-7(13(16)17)2-3-8(10)12-9/h2-5,14H,1H3/b6-4-. The molecule has 0 atom stereocenters. The molecule has 18 heavy (non-hydrogen) atoms. The van der Waals surface area contributed by atoms with Crippen molar-refractivity contribution in [2.24, 2.45) is 0 Å². The third-order valence-electron chi connectivity index (χ3n) is 2.15. The highest BCUT2D eigenvalue weighted by Crippen LogP contribution is 2.18. The van der Waals surface area contributed by atoms with E-state index in [0.717, 1.165) is 12.1 Å². The highest BCUT2D eigenvalue weighted by atomic mass is 16.6. The first-order valence-electron chi connectivity index (χ1n) is 4.94. The van der Waals surface area contributed by atoms with Crippen molar-refractivity contribution < 1.29 is 14.4 Å². The molecule has 0 saturated heterocycles. The minimum atomic E-state index is -0.767. The molecule has 7 heteroatoms. The normalized spacial score (nSPS) is 11.7. The second-order valence-corrected chi connectivity index (χ2v) is 3.58. The van der Waals surface area contributed by atoms with Gasteiger partial charge >= 0.3 is 5.63 Å². The zero-order chi connectivity index (χ0) is 13.3. The van der Waals surface area contributed by atoms with Crippen LogP contribution in [0.2, 0.25) is 0 Å². The highest BCUT2D eigenvalue weighted by Gasteiger charge is 2.11. The van der Waals surface area contributed by atoms with Gasteiger partial charge in [-0.2, -0.15) is 0 Å². The predicted molar refractivity (Wildman–Crippen MR) is 63.2 cm³/mol. The van der Waals surface area contributed by atoms with Crippen molar-refractivity contribution in [2.75, 3.05) is 0 Å². The molecular formula is C11H8N2O5. The molecule has 0 aliphatic carbocycles. The molecular weight excluding hydrogens is 240 g/mol. The van der Waals surface area contributed by atoms with Crippen LogP contribution in [0.4, 0.5) is 5.69 Å². The molecule has 0 bridgehead atoms. The molecule has 1 N–H and O–H groups in total. The summed E-state index contributed by atoms with van der Waals surface area (Å²) in [6.07, 6.45) is 1.16. The maximum absolute atomic E-state index is 11.5. The largest absolute Gasteiger partial charge is 0.513 e. The van der Waals surface area contributed by atoms with Crippen molar-refractivity contribution in [3.05, 3.63) is 50.2 Å². The monoisotopic (exact) mass is 248 g/mol. The van der Waals surface area contributed by atoms with Crippen LogP contribution < -0.4 is 5.63 Å². The van der Waals surface area contributed by atoms with E-state index in [1.54, 1.807) is 0 Å². The fourth-order valence-electron chi connectivity index (χ4n) is 1.41. The zero-order valence-corrected chi connectivity index (χ0v) is 9.28. The number of benzene rings is 1. The zero-order valence-electron chi connectivity index (χ0n) is 9.28. The Bertz CT molecular complexity index is 713. The van der Waals surface area contributed by atoms with Crippen LogP contribution in [0, 0.1) is 10.1 Å². The molecule has 1 heterocycles. The van der Waals surface area contributed by atoms with Gasteiger partial charge in [-0.05, 0) is 13.0 Å². The number of allylic oxidation sites excluding steroid dienone is 1. The predicted octanol–water partition coefficient (Wildman–Crippen LogP) is 2.01. The molecule has 0 unspecified atom stereocenters. The number of fused-ring (bicyclic) bond motifs is 1. The van der Waals surface area contributed by atoms with E-state index in [1.807, 2.05) is 0 Å². The van der Waals surface area contributed by atoms with Crippen molar-refractivity contribution in [1.82, 2.24) is 4.98 Å². The lowest BCUT2D eigenvalue weighted by Crippen LogP contribution is -2.06. The summed E-state index contributed by atoms with van der Waals surface area (Å²) >= 11 is 0. The van der Waals surface area contributed by atoms with Crippen LogP contribution in [-0.2, 0) is 0 Å². The second-order valence-electron chi connectivity index (χ2n) is 3.58. The van der Waals surface area contributed by atoms with Crippen molar-refractivity contribution in [3.63, 3.8) is 0 Å². The summed E-state index contributed by atoms with van der Waals surface area (Å²) in [7, 11) is 0. The van der Waals surface area contributed by atoms with Gasteiger partial charge in [0.05, 0.1) is 16.7 Å². The van der Waals surface area contributed by atoms with Crippen molar-refractivity contribution in [1.29, 1.82) is 0 Å². The Hall–Kier alpha value is -2.70. The summed E-state index contributed by atoms with van der Waals surface area (Å²) in [5.74, 6) is -0.0870. The Morgan fingerprint density at radius 3 is 2.89 bits per heavy atom. The van der Waals surface area contributed by atoms with E-state index in [2.05, 4.69) is 4.98 Å². The molecule has 0 radical (unpaired) electrons. The van der Waals surface area contributed by atoms with Crippen LogP contribution in [0.3, 0.4) is 0 Å². The van der Waals surface area contributed by atoms with Gasteiger partial charge in [0.25, 0.3) is 5.69 Å². The van der Waals surface area contributed by atoms with Crippen LogP contribution in [-0.4, -0.2) is 15.0 Å². The van der Waals surface area contributed by atoms with E-state index in [0.29, 0.717) is 5.52 Å². The van der Waals surface area contributed by atoms with Crippen LogP contribution in [0.25, 0.3) is 17.2 Å². The van der Waals surface area contributed by atoms with Crippen molar-refractivity contribution >= 4 is 22.9 Å². The first kappa shape index (κ1) is 11.8. The molecule has 0 aliphatic heterocycles.